The maximum atomic E-state index is 12.2. The van der Waals surface area contributed by atoms with Crippen LogP contribution < -0.4 is 5.32 Å². The molecule has 0 bridgehead atoms. The predicted octanol–water partition coefficient (Wildman–Crippen LogP) is 3.22. The first kappa shape index (κ1) is 24.3. The Balaban J connectivity index is 0.000000203. The molecule has 8 nitrogen and oxygen atoms in total. The maximum absolute atomic E-state index is 12.2. The fraction of sp³-hybridized carbons (Fsp3) is 0.400. The van der Waals surface area contributed by atoms with Crippen LogP contribution in [0.1, 0.15) is 43.0 Å². The Morgan fingerprint density at radius 1 is 0.879 bits per heavy atom. The fourth-order valence-corrected chi connectivity index (χ4v) is 3.89. The molecule has 0 spiro atoms. The van der Waals surface area contributed by atoms with Crippen LogP contribution >= 0.6 is 0 Å². The summed E-state index contributed by atoms with van der Waals surface area (Å²) in [5.41, 5.74) is 3.65. The fourth-order valence-electron chi connectivity index (χ4n) is 3.89. The van der Waals surface area contributed by atoms with E-state index < -0.39 is 35.7 Å². The number of ether oxygens (including phenoxy) is 1. The second kappa shape index (κ2) is 10.0. The lowest BCUT2D eigenvalue weighted by Crippen LogP contribution is -2.50. The summed E-state index contributed by atoms with van der Waals surface area (Å²) < 4.78 is 5.30. The first-order valence-corrected chi connectivity index (χ1v) is 10.9. The van der Waals surface area contributed by atoms with Gasteiger partial charge in [-0.1, -0.05) is 48.5 Å². The number of carbonyl (C=O) groups is 3. The molecule has 8 heteroatoms. The molecule has 0 saturated carbocycles. The van der Waals surface area contributed by atoms with Crippen molar-refractivity contribution in [2.75, 3.05) is 0 Å². The van der Waals surface area contributed by atoms with Crippen LogP contribution in [-0.4, -0.2) is 50.8 Å². The highest BCUT2D eigenvalue weighted by Gasteiger charge is 2.36. The summed E-state index contributed by atoms with van der Waals surface area (Å²) >= 11 is 0. The normalized spacial score (nSPS) is 19.3. The molecule has 0 radical (unpaired) electrons. The van der Waals surface area contributed by atoms with Crippen molar-refractivity contribution in [1.82, 2.24) is 10.2 Å². The van der Waals surface area contributed by atoms with Crippen molar-refractivity contribution in [3.8, 4) is 0 Å². The minimum absolute atomic E-state index is 0.266. The zero-order valence-electron chi connectivity index (χ0n) is 19.1. The molecular weight excluding hydrogens is 424 g/mol. The lowest BCUT2D eigenvalue weighted by Gasteiger charge is -2.35. The Bertz CT molecular complexity index is 1030. The molecule has 176 valence electrons. The molecule has 33 heavy (non-hydrogen) atoms. The molecule has 0 unspecified atom stereocenters. The molecule has 2 aliphatic rings. The maximum Gasteiger partial charge on any atom is 0.411 e. The van der Waals surface area contributed by atoms with Crippen LogP contribution in [0.4, 0.5) is 4.79 Å². The number of aliphatic carboxylic acids is 2. The highest BCUT2D eigenvalue weighted by atomic mass is 16.6. The van der Waals surface area contributed by atoms with Gasteiger partial charge in [0.1, 0.15) is 17.7 Å². The van der Waals surface area contributed by atoms with Gasteiger partial charge < -0.3 is 20.3 Å². The summed E-state index contributed by atoms with van der Waals surface area (Å²) in [5, 5.41) is 21.1. The number of carboxylic acids is 2. The zero-order chi connectivity index (χ0) is 24.2. The third-order valence-corrected chi connectivity index (χ3v) is 5.54. The Hall–Kier alpha value is -3.39. The van der Waals surface area contributed by atoms with E-state index in [1.807, 2.05) is 48.5 Å². The van der Waals surface area contributed by atoms with Crippen LogP contribution in [0.3, 0.4) is 0 Å². The third-order valence-electron chi connectivity index (χ3n) is 5.54. The van der Waals surface area contributed by atoms with E-state index in [9.17, 15) is 19.5 Å². The van der Waals surface area contributed by atoms with Crippen LogP contribution in [-0.2, 0) is 40.3 Å². The molecule has 2 atom stereocenters. The van der Waals surface area contributed by atoms with Crippen molar-refractivity contribution in [1.29, 1.82) is 0 Å². The summed E-state index contributed by atoms with van der Waals surface area (Å²) in [6, 6.07) is 14.2. The SMILES string of the molecule is CC(C)(C)OC(=O)N1Cc2ccccc2C[C@H]1C(=O)O.O=C(O)[C@@H]1Cc2ccccc2CN1. The zero-order valence-corrected chi connectivity index (χ0v) is 19.1. The van der Waals surface area contributed by atoms with Gasteiger partial charge in [0.25, 0.3) is 0 Å². The topological polar surface area (TPSA) is 116 Å². The van der Waals surface area contributed by atoms with Crippen LogP contribution in [0.5, 0.6) is 0 Å². The number of hydrogen-bond donors (Lipinski definition) is 3. The van der Waals surface area contributed by atoms with Gasteiger partial charge in [-0.15, -0.1) is 0 Å². The first-order valence-electron chi connectivity index (χ1n) is 10.9. The molecule has 0 fully saturated rings. The van der Waals surface area contributed by atoms with Crippen molar-refractivity contribution >= 4 is 18.0 Å². The monoisotopic (exact) mass is 454 g/mol. The lowest BCUT2D eigenvalue weighted by molar-refractivity contribution is -0.143. The molecule has 2 aromatic rings. The van der Waals surface area contributed by atoms with Gasteiger partial charge in [0, 0.05) is 13.0 Å². The summed E-state index contributed by atoms with van der Waals surface area (Å²) in [7, 11) is 0. The standard InChI is InChI=1S/C15H19NO4.C10H11NO2/c1-15(2,3)20-14(19)16-9-11-7-5-4-6-10(11)8-12(16)13(17)18;12-10(13)9-5-7-3-1-2-4-8(7)6-11-9/h4-7,12H,8-9H2,1-3H3,(H,17,18);1-4,9,11H,5-6H2,(H,12,13)/t12-;9-/m00/s1. The molecule has 2 heterocycles. The van der Waals surface area contributed by atoms with Crippen molar-refractivity contribution < 1.29 is 29.3 Å². The van der Waals surface area contributed by atoms with Crippen molar-refractivity contribution in [2.24, 2.45) is 0 Å². The second-order valence-corrected chi connectivity index (χ2v) is 9.18. The number of nitrogens with zero attached hydrogens (tertiary/aromatic N) is 1. The highest BCUT2D eigenvalue weighted by molar-refractivity contribution is 5.81. The van der Waals surface area contributed by atoms with Gasteiger partial charge in [-0.05, 0) is 49.4 Å². The second-order valence-electron chi connectivity index (χ2n) is 9.18. The molecule has 0 saturated heterocycles. The molecule has 4 rings (SSSR count). The van der Waals surface area contributed by atoms with Gasteiger partial charge in [-0.3, -0.25) is 9.69 Å². The largest absolute Gasteiger partial charge is 0.480 e. The number of carbonyl (C=O) groups excluding carboxylic acids is 1. The van der Waals surface area contributed by atoms with E-state index in [4.69, 9.17) is 9.84 Å². The summed E-state index contributed by atoms with van der Waals surface area (Å²) in [6.45, 7) is 6.21. The molecule has 2 aliphatic heterocycles. The third kappa shape index (κ3) is 6.32. The number of rotatable bonds is 2. The van der Waals surface area contributed by atoms with Crippen LogP contribution in [0, 0.1) is 0 Å². The van der Waals surface area contributed by atoms with E-state index in [0.717, 1.165) is 16.7 Å². The number of benzene rings is 2. The minimum Gasteiger partial charge on any atom is -0.480 e. The summed E-state index contributed by atoms with van der Waals surface area (Å²) in [5.74, 6) is -1.78. The van der Waals surface area contributed by atoms with Crippen molar-refractivity contribution in [3.05, 3.63) is 70.8 Å². The van der Waals surface area contributed by atoms with E-state index in [1.54, 1.807) is 20.8 Å². The lowest BCUT2D eigenvalue weighted by atomic mass is 9.94. The molecule has 2 aromatic carbocycles. The van der Waals surface area contributed by atoms with Crippen molar-refractivity contribution in [3.63, 3.8) is 0 Å². The summed E-state index contributed by atoms with van der Waals surface area (Å²) in [4.78, 5) is 35.6. The minimum atomic E-state index is -1.01. The molecule has 3 N–H and O–H groups in total. The Morgan fingerprint density at radius 3 is 1.97 bits per heavy atom. The van der Waals surface area contributed by atoms with E-state index in [2.05, 4.69) is 5.32 Å². The average molecular weight is 455 g/mol. The van der Waals surface area contributed by atoms with Gasteiger partial charge in [0.05, 0.1) is 6.54 Å². The van der Waals surface area contributed by atoms with Gasteiger partial charge in [-0.25, -0.2) is 9.59 Å². The first-order chi connectivity index (χ1) is 15.5. The number of carboxylic acid groups (broad SMARTS) is 2. The number of nitrogens with one attached hydrogen (secondary N) is 1. The van der Waals surface area contributed by atoms with Crippen LogP contribution in [0.2, 0.25) is 0 Å². The van der Waals surface area contributed by atoms with Gasteiger partial charge in [0.15, 0.2) is 0 Å². The Kier molecular flexibility index (Phi) is 7.38. The van der Waals surface area contributed by atoms with E-state index in [0.29, 0.717) is 19.4 Å². The highest BCUT2D eigenvalue weighted by Crippen LogP contribution is 2.25. The number of hydrogen-bond acceptors (Lipinski definition) is 5. The molecular formula is C25H30N2O6. The van der Waals surface area contributed by atoms with Gasteiger partial charge in [-0.2, -0.15) is 0 Å². The predicted molar refractivity (Wildman–Crippen MR) is 122 cm³/mol. The quantitative estimate of drug-likeness (QED) is 0.638. The number of fused-ring (bicyclic) bond motifs is 2. The van der Waals surface area contributed by atoms with Crippen molar-refractivity contribution in [2.45, 2.75) is 64.4 Å². The van der Waals surface area contributed by atoms with Crippen LogP contribution in [0.25, 0.3) is 0 Å². The van der Waals surface area contributed by atoms with E-state index in [-0.39, 0.29) is 6.54 Å². The molecule has 0 aromatic heterocycles. The molecule has 0 aliphatic carbocycles. The van der Waals surface area contributed by atoms with Crippen LogP contribution in [0.15, 0.2) is 48.5 Å². The van der Waals surface area contributed by atoms with E-state index in [1.165, 1.54) is 10.5 Å². The number of amides is 1. The average Bonchev–Trinajstić information content (AvgIpc) is 2.77. The van der Waals surface area contributed by atoms with Gasteiger partial charge in [0.2, 0.25) is 0 Å². The van der Waals surface area contributed by atoms with E-state index >= 15 is 0 Å². The molecule has 1 amide bonds. The van der Waals surface area contributed by atoms with Gasteiger partial charge >= 0.3 is 18.0 Å². The Labute approximate surface area is 193 Å². The summed E-state index contributed by atoms with van der Waals surface area (Å²) in [6.07, 6.45) is 0.315. The smallest absolute Gasteiger partial charge is 0.411 e. The Morgan fingerprint density at radius 2 is 1.42 bits per heavy atom.